The fraction of sp³-hybridized carbons (Fsp3) is 0.520. The molecular weight excluding hydrogens is 591 g/mol. The van der Waals surface area contributed by atoms with Gasteiger partial charge in [-0.1, -0.05) is 12.1 Å². The van der Waals surface area contributed by atoms with Gasteiger partial charge in [0.2, 0.25) is 0 Å². The topological polar surface area (TPSA) is 109 Å². The number of nitriles is 1. The Hall–Kier alpha value is -2.30. The summed E-state index contributed by atoms with van der Waals surface area (Å²) in [5, 5.41) is 9.76. The van der Waals surface area contributed by atoms with Crippen LogP contribution in [0.15, 0.2) is 29.4 Å². The van der Waals surface area contributed by atoms with Crippen LogP contribution < -0.4 is 9.80 Å². The first-order valence-electron chi connectivity index (χ1n) is 11.9. The molecule has 1 fully saturated rings. The number of carbonyl (C=O) groups excluding carboxylic acids is 1. The van der Waals surface area contributed by atoms with Gasteiger partial charge in [-0.2, -0.15) is 15.2 Å². The molecule has 0 saturated carbocycles. The third-order valence-electron chi connectivity index (χ3n) is 6.21. The van der Waals surface area contributed by atoms with Gasteiger partial charge in [-0.15, -0.1) is 0 Å². The molecule has 1 aromatic carbocycles. The number of anilines is 2. The van der Waals surface area contributed by atoms with E-state index < -0.39 is 22.9 Å². The van der Waals surface area contributed by atoms with Gasteiger partial charge >= 0.3 is 11.2 Å². The summed E-state index contributed by atoms with van der Waals surface area (Å²) in [5.41, 5.74) is 2.47. The molecule has 1 amide bonds. The smallest absolute Gasteiger partial charge is 0.410 e. The summed E-state index contributed by atoms with van der Waals surface area (Å²) < 4.78 is 19.2. The summed E-state index contributed by atoms with van der Waals surface area (Å²) in [6.45, 7) is 8.33. The Balaban J connectivity index is 1.63. The van der Waals surface area contributed by atoms with Crippen molar-refractivity contribution in [2.75, 3.05) is 42.2 Å². The first-order valence-corrected chi connectivity index (χ1v) is 14.5. The molecule has 2 aliphatic heterocycles. The van der Waals surface area contributed by atoms with Gasteiger partial charge < -0.3 is 24.0 Å². The maximum Gasteiger partial charge on any atom is 0.410 e. The number of halogens is 1. The van der Waals surface area contributed by atoms with Crippen molar-refractivity contribution in [3.05, 3.63) is 39.1 Å². The van der Waals surface area contributed by atoms with Crippen molar-refractivity contribution in [3.8, 4) is 6.07 Å². The van der Waals surface area contributed by atoms with Crippen molar-refractivity contribution in [3.63, 3.8) is 0 Å². The normalized spacial score (nSPS) is 18.9. The molecule has 4 rings (SSSR count). The number of rotatable bonds is 4. The highest BCUT2D eigenvalue weighted by atomic mass is 127. The minimum absolute atomic E-state index is 0.190. The molecule has 0 bridgehead atoms. The summed E-state index contributed by atoms with van der Waals surface area (Å²) in [5.74, 6) is 0.763. The Labute approximate surface area is 229 Å². The van der Waals surface area contributed by atoms with Crippen LogP contribution in [0.5, 0.6) is 0 Å². The molecule has 1 aromatic heterocycles. The Morgan fingerprint density at radius 1 is 1.25 bits per heavy atom. The number of hydrogen-bond donors (Lipinski definition) is 0. The van der Waals surface area contributed by atoms with Crippen LogP contribution in [-0.2, 0) is 28.9 Å². The fourth-order valence-electron chi connectivity index (χ4n) is 4.58. The van der Waals surface area contributed by atoms with Crippen molar-refractivity contribution in [2.24, 2.45) is 0 Å². The van der Waals surface area contributed by atoms with Crippen molar-refractivity contribution in [2.45, 2.75) is 57.0 Å². The molecule has 2 atom stereocenters. The molecule has 3 heterocycles. The van der Waals surface area contributed by atoms with E-state index in [1.165, 1.54) is 3.57 Å². The van der Waals surface area contributed by atoms with E-state index in [9.17, 15) is 14.6 Å². The number of amides is 1. The Morgan fingerprint density at radius 2 is 2.00 bits per heavy atom. The standard InChI is InChI=1S/C25H31IN6O3S/c1-25(2,3)35-24(33)32-14-13-31(15-17(32)9-11-27)22-18-10-12-30(21-8-6-5-7-19(21)26)16-20(18)28-23(29-22)36(4)34/h5-8,17H,9-10,12-16H2,1-4H3. The van der Waals surface area contributed by atoms with E-state index in [4.69, 9.17) is 14.7 Å². The summed E-state index contributed by atoms with van der Waals surface area (Å²) in [6, 6.07) is 10.1. The third kappa shape index (κ3) is 5.98. The van der Waals surface area contributed by atoms with E-state index in [1.54, 1.807) is 11.2 Å². The number of ether oxygens (including phenoxy) is 1. The zero-order chi connectivity index (χ0) is 26.0. The van der Waals surface area contributed by atoms with Gasteiger partial charge in [0.15, 0.2) is 0 Å². The number of hydrogen-bond acceptors (Lipinski definition) is 8. The number of para-hydroxylation sites is 1. The quantitative estimate of drug-likeness (QED) is 0.289. The van der Waals surface area contributed by atoms with E-state index in [1.807, 2.05) is 32.9 Å². The Bertz CT molecular complexity index is 1170. The van der Waals surface area contributed by atoms with Gasteiger partial charge in [0.05, 0.1) is 36.5 Å². The maximum absolute atomic E-state index is 12.8. The SMILES string of the molecule is C[S+]([O-])c1nc2c(c(N3CCN(C(=O)OC(C)(C)C)C(CC#N)C3)n1)CCN(c1ccccc1I)C2. The van der Waals surface area contributed by atoms with Crippen LogP contribution in [0.3, 0.4) is 0 Å². The van der Waals surface area contributed by atoms with E-state index in [-0.39, 0.29) is 12.5 Å². The minimum atomic E-state index is -1.35. The molecule has 2 aliphatic rings. The van der Waals surface area contributed by atoms with Crippen LogP contribution in [0.2, 0.25) is 0 Å². The number of aromatic nitrogens is 2. The second-order valence-electron chi connectivity index (χ2n) is 9.97. The highest BCUT2D eigenvalue weighted by Gasteiger charge is 2.36. The molecule has 9 nitrogen and oxygen atoms in total. The zero-order valence-electron chi connectivity index (χ0n) is 21.0. The van der Waals surface area contributed by atoms with Gasteiger partial charge in [-0.25, -0.2) is 4.79 Å². The van der Waals surface area contributed by atoms with E-state index >= 15 is 0 Å². The van der Waals surface area contributed by atoms with Gasteiger partial charge in [-0.05, 0) is 61.9 Å². The molecule has 2 aromatic rings. The highest BCUT2D eigenvalue weighted by molar-refractivity contribution is 14.1. The van der Waals surface area contributed by atoms with Crippen molar-refractivity contribution >= 4 is 51.4 Å². The van der Waals surface area contributed by atoms with Crippen molar-refractivity contribution < 1.29 is 14.1 Å². The number of carbonyl (C=O) groups is 1. The molecule has 36 heavy (non-hydrogen) atoms. The number of fused-ring (bicyclic) bond motifs is 1. The third-order valence-corrected chi connectivity index (χ3v) is 7.82. The summed E-state index contributed by atoms with van der Waals surface area (Å²) in [6.07, 6.45) is 2.12. The summed E-state index contributed by atoms with van der Waals surface area (Å²) in [4.78, 5) is 28.3. The first-order chi connectivity index (χ1) is 17.1. The average Bonchev–Trinajstić information content (AvgIpc) is 2.82. The van der Waals surface area contributed by atoms with Gasteiger partial charge in [0, 0.05) is 46.5 Å². The molecule has 0 spiro atoms. The molecule has 0 radical (unpaired) electrons. The fourth-order valence-corrected chi connectivity index (χ4v) is 5.76. The highest BCUT2D eigenvalue weighted by Crippen LogP contribution is 2.33. The molecule has 1 saturated heterocycles. The molecule has 0 N–H and O–H groups in total. The second kappa shape index (κ2) is 11.0. The number of piperazine rings is 1. The first kappa shape index (κ1) is 26.8. The summed E-state index contributed by atoms with van der Waals surface area (Å²) in [7, 11) is 0. The predicted octanol–water partition coefficient (Wildman–Crippen LogP) is 3.72. The second-order valence-corrected chi connectivity index (χ2v) is 12.4. The van der Waals surface area contributed by atoms with E-state index in [0.29, 0.717) is 31.3 Å². The van der Waals surface area contributed by atoms with Crippen molar-refractivity contribution in [1.82, 2.24) is 14.9 Å². The molecule has 0 aliphatic carbocycles. The lowest BCUT2D eigenvalue weighted by molar-refractivity contribution is 0.0144. The van der Waals surface area contributed by atoms with Crippen LogP contribution in [0.4, 0.5) is 16.3 Å². The van der Waals surface area contributed by atoms with Crippen LogP contribution in [0.1, 0.15) is 38.4 Å². The number of benzene rings is 1. The zero-order valence-corrected chi connectivity index (χ0v) is 24.0. The lowest BCUT2D eigenvalue weighted by Gasteiger charge is -2.42. The van der Waals surface area contributed by atoms with Crippen LogP contribution >= 0.6 is 22.6 Å². The number of nitrogens with zero attached hydrogens (tertiary/aromatic N) is 6. The average molecular weight is 623 g/mol. The van der Waals surface area contributed by atoms with E-state index in [2.05, 4.69) is 50.6 Å². The Morgan fingerprint density at radius 3 is 2.67 bits per heavy atom. The van der Waals surface area contributed by atoms with Crippen molar-refractivity contribution in [1.29, 1.82) is 5.26 Å². The molecule has 11 heteroatoms. The summed E-state index contributed by atoms with van der Waals surface area (Å²) >= 11 is 1.00. The van der Waals surface area contributed by atoms with Gasteiger partial charge in [0.25, 0.3) is 0 Å². The van der Waals surface area contributed by atoms with Crippen LogP contribution in [-0.4, -0.2) is 69.6 Å². The van der Waals surface area contributed by atoms with Gasteiger partial charge in [0.1, 0.15) is 17.7 Å². The maximum atomic E-state index is 12.8. The monoisotopic (exact) mass is 622 g/mol. The minimum Gasteiger partial charge on any atom is -0.609 e. The lowest BCUT2D eigenvalue weighted by atomic mass is 10.0. The Kier molecular flexibility index (Phi) is 8.16. The van der Waals surface area contributed by atoms with Crippen LogP contribution in [0.25, 0.3) is 0 Å². The van der Waals surface area contributed by atoms with E-state index in [0.717, 1.165) is 35.7 Å². The predicted molar refractivity (Wildman–Crippen MR) is 147 cm³/mol. The van der Waals surface area contributed by atoms with Crippen LogP contribution in [0, 0.1) is 14.9 Å². The molecule has 2 unspecified atom stereocenters. The molecule has 192 valence electrons. The molecular formula is C25H31IN6O3S. The largest absolute Gasteiger partial charge is 0.609 e. The van der Waals surface area contributed by atoms with Gasteiger partial charge in [-0.3, -0.25) is 0 Å². The lowest BCUT2D eigenvalue weighted by Crippen LogP contribution is -2.56.